The molecule has 0 bridgehead atoms. The van der Waals surface area contributed by atoms with Gasteiger partial charge in [0.15, 0.2) is 0 Å². The highest BCUT2D eigenvalue weighted by Gasteiger charge is 2.25. The van der Waals surface area contributed by atoms with Crippen molar-refractivity contribution in [1.82, 2.24) is 25.5 Å². The Hall–Kier alpha value is -2.28. The van der Waals surface area contributed by atoms with Gasteiger partial charge in [-0.3, -0.25) is 4.79 Å². The number of aromatic nitrogens is 4. The lowest BCUT2D eigenvalue weighted by molar-refractivity contribution is 0.0765. The predicted octanol–water partition coefficient (Wildman–Crippen LogP) is 0.0735. The van der Waals surface area contributed by atoms with Crippen LogP contribution in [-0.2, 0) is 0 Å². The van der Waals surface area contributed by atoms with E-state index in [9.17, 15) is 9.90 Å². The number of likely N-dealkylation sites (tertiary alicyclic amines) is 1. The standard InChI is InChI=1S/C12H13N5O2/c18-10-4-5-17(7-10)12(19)9-3-1-2-8(6-9)11-13-15-16-14-11/h1-3,6,10,18H,4-5,7H2,(H,13,14,15,16). The number of hydrogen-bond donors (Lipinski definition) is 2. The van der Waals surface area contributed by atoms with Gasteiger partial charge in [0.2, 0.25) is 5.82 Å². The summed E-state index contributed by atoms with van der Waals surface area (Å²) < 4.78 is 0. The van der Waals surface area contributed by atoms with E-state index in [1.54, 1.807) is 23.1 Å². The molecule has 0 spiro atoms. The molecule has 1 aromatic carbocycles. The number of carbonyl (C=O) groups is 1. The lowest BCUT2D eigenvalue weighted by Gasteiger charge is -2.15. The quantitative estimate of drug-likeness (QED) is 0.796. The molecular weight excluding hydrogens is 246 g/mol. The topological polar surface area (TPSA) is 95.0 Å². The van der Waals surface area contributed by atoms with Crippen LogP contribution < -0.4 is 0 Å². The molecule has 1 unspecified atom stereocenters. The normalized spacial score (nSPS) is 18.8. The second kappa shape index (κ2) is 4.77. The number of β-amino-alcohol motifs (C(OH)–C–C–N with tert-alkyl or cyclic N) is 1. The number of aliphatic hydroxyl groups is 1. The van der Waals surface area contributed by atoms with Gasteiger partial charge < -0.3 is 10.0 Å². The van der Waals surface area contributed by atoms with Crippen molar-refractivity contribution in [2.24, 2.45) is 0 Å². The predicted molar refractivity (Wildman–Crippen MR) is 66.1 cm³/mol. The number of rotatable bonds is 2. The van der Waals surface area contributed by atoms with Crippen molar-refractivity contribution in [3.05, 3.63) is 29.8 Å². The van der Waals surface area contributed by atoms with E-state index < -0.39 is 6.10 Å². The third-order valence-electron chi connectivity index (χ3n) is 3.16. The number of hydrogen-bond acceptors (Lipinski definition) is 5. The molecule has 7 nitrogen and oxygen atoms in total. The molecule has 1 aliphatic rings. The van der Waals surface area contributed by atoms with Crippen LogP contribution in [0.4, 0.5) is 0 Å². The number of nitrogens with zero attached hydrogens (tertiary/aromatic N) is 4. The summed E-state index contributed by atoms with van der Waals surface area (Å²) in [6.07, 6.45) is 0.223. The maximum atomic E-state index is 12.3. The summed E-state index contributed by atoms with van der Waals surface area (Å²) in [5.41, 5.74) is 1.30. The fourth-order valence-electron chi connectivity index (χ4n) is 2.18. The molecule has 2 aromatic rings. The summed E-state index contributed by atoms with van der Waals surface area (Å²) in [6.45, 7) is 0.984. The molecular formula is C12H13N5O2. The first-order chi connectivity index (χ1) is 9.24. The van der Waals surface area contributed by atoms with E-state index in [1.165, 1.54) is 0 Å². The van der Waals surface area contributed by atoms with Crippen molar-refractivity contribution >= 4 is 5.91 Å². The molecule has 1 saturated heterocycles. The van der Waals surface area contributed by atoms with Gasteiger partial charge in [0.1, 0.15) is 0 Å². The number of aliphatic hydroxyl groups excluding tert-OH is 1. The maximum Gasteiger partial charge on any atom is 0.253 e. The van der Waals surface area contributed by atoms with Crippen molar-refractivity contribution in [3.63, 3.8) is 0 Å². The number of amides is 1. The maximum absolute atomic E-state index is 12.3. The van der Waals surface area contributed by atoms with Gasteiger partial charge in [0, 0.05) is 24.2 Å². The van der Waals surface area contributed by atoms with Crippen LogP contribution >= 0.6 is 0 Å². The highest BCUT2D eigenvalue weighted by Crippen LogP contribution is 2.18. The zero-order valence-corrected chi connectivity index (χ0v) is 10.2. The first-order valence-corrected chi connectivity index (χ1v) is 6.05. The lowest BCUT2D eigenvalue weighted by atomic mass is 10.1. The van der Waals surface area contributed by atoms with Gasteiger partial charge in [0.05, 0.1) is 6.10 Å². The minimum Gasteiger partial charge on any atom is -0.391 e. The summed E-state index contributed by atoms with van der Waals surface area (Å²) >= 11 is 0. The van der Waals surface area contributed by atoms with E-state index in [0.29, 0.717) is 30.9 Å². The molecule has 1 fully saturated rings. The summed E-state index contributed by atoms with van der Waals surface area (Å²) in [5, 5.41) is 23.1. The number of carbonyl (C=O) groups excluding carboxylic acids is 1. The zero-order chi connectivity index (χ0) is 13.2. The van der Waals surface area contributed by atoms with Crippen LogP contribution in [-0.4, -0.2) is 55.7 Å². The largest absolute Gasteiger partial charge is 0.391 e. The van der Waals surface area contributed by atoms with E-state index in [1.807, 2.05) is 6.07 Å². The highest BCUT2D eigenvalue weighted by atomic mass is 16.3. The Bertz CT molecular complexity index is 584. The molecule has 1 amide bonds. The average Bonchev–Trinajstić information content (AvgIpc) is 3.09. The fraction of sp³-hybridized carbons (Fsp3) is 0.333. The molecule has 0 aliphatic carbocycles. The summed E-state index contributed by atoms with van der Waals surface area (Å²) in [6, 6.07) is 7.08. The SMILES string of the molecule is O=C(c1cccc(-c2nn[nH]n2)c1)N1CCC(O)C1. The van der Waals surface area contributed by atoms with Crippen LogP contribution in [0.25, 0.3) is 11.4 Å². The summed E-state index contributed by atoms with van der Waals surface area (Å²) in [4.78, 5) is 13.9. The lowest BCUT2D eigenvalue weighted by Crippen LogP contribution is -2.29. The molecule has 3 rings (SSSR count). The third-order valence-corrected chi connectivity index (χ3v) is 3.16. The van der Waals surface area contributed by atoms with Crippen LogP contribution in [0.15, 0.2) is 24.3 Å². The summed E-state index contributed by atoms with van der Waals surface area (Å²) in [7, 11) is 0. The van der Waals surface area contributed by atoms with Gasteiger partial charge >= 0.3 is 0 Å². The molecule has 19 heavy (non-hydrogen) atoms. The minimum absolute atomic E-state index is 0.0816. The van der Waals surface area contributed by atoms with Crippen molar-refractivity contribution in [3.8, 4) is 11.4 Å². The number of nitrogens with one attached hydrogen (secondary N) is 1. The fourth-order valence-corrected chi connectivity index (χ4v) is 2.18. The van der Waals surface area contributed by atoms with Crippen LogP contribution in [0.1, 0.15) is 16.8 Å². The number of benzene rings is 1. The van der Waals surface area contributed by atoms with Gasteiger partial charge in [-0.25, -0.2) is 0 Å². The van der Waals surface area contributed by atoms with Crippen molar-refractivity contribution < 1.29 is 9.90 Å². The van der Waals surface area contributed by atoms with Gasteiger partial charge in [-0.15, -0.1) is 10.2 Å². The Morgan fingerprint density at radius 3 is 3.05 bits per heavy atom. The molecule has 98 valence electrons. The van der Waals surface area contributed by atoms with Gasteiger partial charge in [-0.1, -0.05) is 12.1 Å². The van der Waals surface area contributed by atoms with E-state index in [0.717, 1.165) is 5.56 Å². The van der Waals surface area contributed by atoms with Crippen molar-refractivity contribution in [2.45, 2.75) is 12.5 Å². The molecule has 1 aliphatic heterocycles. The van der Waals surface area contributed by atoms with E-state index in [4.69, 9.17) is 0 Å². The number of aromatic amines is 1. The first-order valence-electron chi connectivity index (χ1n) is 6.05. The molecule has 0 radical (unpaired) electrons. The average molecular weight is 259 g/mol. The molecule has 7 heteroatoms. The van der Waals surface area contributed by atoms with Crippen molar-refractivity contribution in [1.29, 1.82) is 0 Å². The smallest absolute Gasteiger partial charge is 0.253 e. The number of tetrazole rings is 1. The van der Waals surface area contributed by atoms with Gasteiger partial charge in [-0.2, -0.15) is 5.21 Å². The first kappa shape index (κ1) is 11.8. The molecule has 1 atom stereocenters. The Labute approximate surface area is 109 Å². The van der Waals surface area contributed by atoms with Crippen molar-refractivity contribution in [2.75, 3.05) is 13.1 Å². The van der Waals surface area contributed by atoms with Gasteiger partial charge in [-0.05, 0) is 23.8 Å². The van der Waals surface area contributed by atoms with Crippen LogP contribution in [0, 0.1) is 0 Å². The monoisotopic (exact) mass is 259 g/mol. The second-order valence-corrected chi connectivity index (χ2v) is 4.51. The van der Waals surface area contributed by atoms with Gasteiger partial charge in [0.25, 0.3) is 5.91 Å². The Morgan fingerprint density at radius 1 is 1.47 bits per heavy atom. The third kappa shape index (κ3) is 2.32. The molecule has 1 aromatic heterocycles. The molecule has 2 N–H and O–H groups in total. The molecule has 0 saturated carbocycles. The van der Waals surface area contributed by atoms with E-state index >= 15 is 0 Å². The van der Waals surface area contributed by atoms with E-state index in [2.05, 4.69) is 20.6 Å². The Kier molecular flexibility index (Phi) is 2.96. The minimum atomic E-state index is -0.413. The highest BCUT2D eigenvalue weighted by molar-refractivity contribution is 5.95. The van der Waals surface area contributed by atoms with Crippen LogP contribution in [0.3, 0.4) is 0 Å². The second-order valence-electron chi connectivity index (χ2n) is 4.51. The molecule has 2 heterocycles. The summed E-state index contributed by atoms with van der Waals surface area (Å²) in [5.74, 6) is 0.373. The zero-order valence-electron chi connectivity index (χ0n) is 10.2. The van der Waals surface area contributed by atoms with E-state index in [-0.39, 0.29) is 5.91 Å². The van der Waals surface area contributed by atoms with Crippen LogP contribution in [0.5, 0.6) is 0 Å². The Balaban J connectivity index is 1.85. The Morgan fingerprint density at radius 2 is 2.37 bits per heavy atom. The number of H-pyrrole nitrogens is 1. The van der Waals surface area contributed by atoms with Crippen LogP contribution in [0.2, 0.25) is 0 Å².